The molecule has 0 saturated carbocycles. The van der Waals surface area contributed by atoms with E-state index in [4.69, 9.17) is 9.47 Å². The number of aromatic hydroxyl groups is 2. The molecule has 0 bridgehead atoms. The predicted octanol–water partition coefficient (Wildman–Crippen LogP) is 2.37. The largest absolute Gasteiger partial charge is 0.508 e. The van der Waals surface area contributed by atoms with Gasteiger partial charge in [0.15, 0.2) is 0 Å². The number of rotatable bonds is 4. The normalized spacial score (nSPS) is 10.0. The van der Waals surface area contributed by atoms with Crippen LogP contribution in [0.4, 0.5) is 5.69 Å². The summed E-state index contributed by atoms with van der Waals surface area (Å²) in [5.74, 6) is 0.0836. The van der Waals surface area contributed by atoms with Gasteiger partial charge in [-0.3, -0.25) is 4.79 Å². The lowest BCUT2D eigenvalue weighted by Gasteiger charge is -2.12. The second-order valence-electron chi connectivity index (χ2n) is 4.22. The quantitative estimate of drug-likeness (QED) is 0.804. The van der Waals surface area contributed by atoms with Gasteiger partial charge in [0.1, 0.15) is 23.0 Å². The van der Waals surface area contributed by atoms with Crippen LogP contribution in [-0.2, 0) is 0 Å². The van der Waals surface area contributed by atoms with E-state index in [1.54, 1.807) is 18.2 Å². The van der Waals surface area contributed by atoms with E-state index in [9.17, 15) is 15.0 Å². The molecule has 0 aromatic heterocycles. The van der Waals surface area contributed by atoms with Crippen LogP contribution in [0.5, 0.6) is 23.0 Å². The number of amides is 1. The lowest BCUT2D eigenvalue weighted by atomic mass is 10.1. The maximum absolute atomic E-state index is 12.1. The molecule has 0 atom stereocenters. The standard InChI is InChI=1S/C15H15NO5/c1-20-10-4-6-12(14(8-10)21-2)16-15(19)11-5-3-9(17)7-13(11)18/h3-8,17-18H,1-2H3,(H,16,19). The number of phenols is 2. The van der Waals surface area contributed by atoms with Crippen LogP contribution in [0.1, 0.15) is 10.4 Å². The van der Waals surface area contributed by atoms with Gasteiger partial charge in [0.2, 0.25) is 0 Å². The van der Waals surface area contributed by atoms with Crippen LogP contribution in [0.3, 0.4) is 0 Å². The minimum Gasteiger partial charge on any atom is -0.508 e. The minimum absolute atomic E-state index is 0.0469. The third-order valence-corrected chi connectivity index (χ3v) is 2.88. The molecule has 0 radical (unpaired) electrons. The molecule has 0 heterocycles. The zero-order valence-corrected chi connectivity index (χ0v) is 11.6. The summed E-state index contributed by atoms with van der Waals surface area (Å²) >= 11 is 0. The first kappa shape index (κ1) is 14.5. The number of hydrogen-bond donors (Lipinski definition) is 3. The molecular weight excluding hydrogens is 274 g/mol. The number of phenolic OH excluding ortho intramolecular Hbond substituents is 2. The Bertz CT molecular complexity index is 669. The predicted molar refractivity (Wildman–Crippen MR) is 77.3 cm³/mol. The van der Waals surface area contributed by atoms with Gasteiger partial charge < -0.3 is 25.0 Å². The summed E-state index contributed by atoms with van der Waals surface area (Å²) in [6.45, 7) is 0. The smallest absolute Gasteiger partial charge is 0.259 e. The Morgan fingerprint density at radius 3 is 2.43 bits per heavy atom. The van der Waals surface area contributed by atoms with Gasteiger partial charge in [0.05, 0.1) is 25.5 Å². The average molecular weight is 289 g/mol. The molecule has 110 valence electrons. The van der Waals surface area contributed by atoms with Crippen molar-refractivity contribution in [3.63, 3.8) is 0 Å². The van der Waals surface area contributed by atoms with E-state index in [2.05, 4.69) is 5.32 Å². The second kappa shape index (κ2) is 6.04. The van der Waals surface area contributed by atoms with Gasteiger partial charge in [-0.15, -0.1) is 0 Å². The fraction of sp³-hybridized carbons (Fsp3) is 0.133. The summed E-state index contributed by atoms with van der Waals surface area (Å²) in [4.78, 5) is 12.1. The van der Waals surface area contributed by atoms with E-state index < -0.39 is 5.91 Å². The first-order valence-corrected chi connectivity index (χ1v) is 6.10. The molecule has 0 saturated heterocycles. The van der Waals surface area contributed by atoms with Gasteiger partial charge >= 0.3 is 0 Å². The van der Waals surface area contributed by atoms with Crippen molar-refractivity contribution < 1.29 is 24.5 Å². The zero-order valence-electron chi connectivity index (χ0n) is 11.6. The lowest BCUT2D eigenvalue weighted by molar-refractivity contribution is 0.102. The van der Waals surface area contributed by atoms with Crippen molar-refractivity contribution in [2.45, 2.75) is 0 Å². The van der Waals surface area contributed by atoms with Crippen LogP contribution >= 0.6 is 0 Å². The van der Waals surface area contributed by atoms with Gasteiger partial charge in [0, 0.05) is 12.1 Å². The molecule has 0 aliphatic rings. The number of carbonyl (C=O) groups excluding carboxylic acids is 1. The minimum atomic E-state index is -0.518. The number of ether oxygens (including phenoxy) is 2. The van der Waals surface area contributed by atoms with Crippen LogP contribution in [0.15, 0.2) is 36.4 Å². The summed E-state index contributed by atoms with van der Waals surface area (Å²) in [7, 11) is 3.00. The summed E-state index contributed by atoms with van der Waals surface area (Å²) in [6, 6.07) is 8.68. The van der Waals surface area contributed by atoms with E-state index >= 15 is 0 Å². The number of benzene rings is 2. The highest BCUT2D eigenvalue weighted by Gasteiger charge is 2.14. The van der Waals surface area contributed by atoms with Crippen molar-refractivity contribution in [1.82, 2.24) is 0 Å². The molecule has 0 fully saturated rings. The number of anilines is 1. The van der Waals surface area contributed by atoms with E-state index in [0.717, 1.165) is 6.07 Å². The Morgan fingerprint density at radius 2 is 1.81 bits per heavy atom. The maximum atomic E-state index is 12.1. The van der Waals surface area contributed by atoms with Crippen molar-refractivity contribution in [3.05, 3.63) is 42.0 Å². The van der Waals surface area contributed by atoms with E-state index in [1.165, 1.54) is 26.4 Å². The first-order chi connectivity index (χ1) is 10.0. The fourth-order valence-electron chi connectivity index (χ4n) is 1.80. The molecule has 6 nitrogen and oxygen atoms in total. The number of hydrogen-bond acceptors (Lipinski definition) is 5. The first-order valence-electron chi connectivity index (χ1n) is 6.10. The molecule has 0 unspecified atom stereocenters. The van der Waals surface area contributed by atoms with Gasteiger partial charge in [-0.05, 0) is 24.3 Å². The zero-order chi connectivity index (χ0) is 15.4. The Balaban J connectivity index is 2.27. The summed E-state index contributed by atoms with van der Waals surface area (Å²) in [6.07, 6.45) is 0. The highest BCUT2D eigenvalue weighted by Crippen LogP contribution is 2.30. The SMILES string of the molecule is COc1ccc(NC(=O)c2ccc(O)cc2O)c(OC)c1. The summed E-state index contributed by atoms with van der Waals surface area (Å²) in [5, 5.41) is 21.5. The van der Waals surface area contributed by atoms with Crippen LogP contribution in [0.25, 0.3) is 0 Å². The lowest BCUT2D eigenvalue weighted by Crippen LogP contribution is -2.12. The maximum Gasteiger partial charge on any atom is 0.259 e. The van der Waals surface area contributed by atoms with E-state index in [-0.39, 0.29) is 17.1 Å². The van der Waals surface area contributed by atoms with Crippen LogP contribution in [-0.4, -0.2) is 30.3 Å². The molecule has 3 N–H and O–H groups in total. The Kier molecular flexibility index (Phi) is 4.18. The monoisotopic (exact) mass is 289 g/mol. The third kappa shape index (κ3) is 3.17. The van der Waals surface area contributed by atoms with E-state index in [1.807, 2.05) is 0 Å². The number of carbonyl (C=O) groups is 1. The van der Waals surface area contributed by atoms with Gasteiger partial charge in [-0.1, -0.05) is 0 Å². The molecule has 2 rings (SSSR count). The number of methoxy groups -OCH3 is 2. The van der Waals surface area contributed by atoms with Crippen LogP contribution < -0.4 is 14.8 Å². The Morgan fingerprint density at radius 1 is 1.05 bits per heavy atom. The molecule has 0 aliphatic heterocycles. The van der Waals surface area contributed by atoms with Gasteiger partial charge in [-0.25, -0.2) is 0 Å². The van der Waals surface area contributed by atoms with Crippen LogP contribution in [0, 0.1) is 0 Å². The second-order valence-corrected chi connectivity index (χ2v) is 4.22. The molecule has 2 aromatic rings. The van der Waals surface area contributed by atoms with Gasteiger partial charge in [0.25, 0.3) is 5.91 Å². The average Bonchev–Trinajstić information content (AvgIpc) is 2.47. The van der Waals surface area contributed by atoms with E-state index in [0.29, 0.717) is 17.2 Å². The van der Waals surface area contributed by atoms with Crippen molar-refractivity contribution in [3.8, 4) is 23.0 Å². The van der Waals surface area contributed by atoms with Crippen LogP contribution in [0.2, 0.25) is 0 Å². The highest BCUT2D eigenvalue weighted by molar-refractivity contribution is 6.06. The molecule has 21 heavy (non-hydrogen) atoms. The van der Waals surface area contributed by atoms with Crippen molar-refractivity contribution in [1.29, 1.82) is 0 Å². The van der Waals surface area contributed by atoms with Gasteiger partial charge in [-0.2, -0.15) is 0 Å². The molecule has 1 amide bonds. The molecular formula is C15H15NO5. The van der Waals surface area contributed by atoms with Crippen molar-refractivity contribution in [2.24, 2.45) is 0 Å². The van der Waals surface area contributed by atoms with Crippen molar-refractivity contribution in [2.75, 3.05) is 19.5 Å². The summed E-state index contributed by atoms with van der Waals surface area (Å²) in [5.41, 5.74) is 0.487. The molecule has 0 aliphatic carbocycles. The fourth-order valence-corrected chi connectivity index (χ4v) is 1.80. The third-order valence-electron chi connectivity index (χ3n) is 2.88. The number of nitrogens with one attached hydrogen (secondary N) is 1. The Hall–Kier alpha value is -2.89. The molecule has 0 spiro atoms. The van der Waals surface area contributed by atoms with Crippen molar-refractivity contribution >= 4 is 11.6 Å². The molecule has 2 aromatic carbocycles. The molecule has 6 heteroatoms. The summed E-state index contributed by atoms with van der Waals surface area (Å²) < 4.78 is 10.2. The Labute approximate surface area is 121 Å². The topological polar surface area (TPSA) is 88.0 Å². The highest BCUT2D eigenvalue weighted by atomic mass is 16.5.